The van der Waals surface area contributed by atoms with Gasteiger partial charge in [0.2, 0.25) is 0 Å². The topological polar surface area (TPSA) is 94.8 Å². The van der Waals surface area contributed by atoms with Crippen molar-refractivity contribution < 1.29 is 13.9 Å². The number of hydrogen-bond acceptors (Lipinski definition) is 6. The van der Waals surface area contributed by atoms with Gasteiger partial charge in [-0.25, -0.2) is 13.9 Å². The van der Waals surface area contributed by atoms with Gasteiger partial charge < -0.3 is 10.1 Å². The first-order chi connectivity index (χ1) is 15.1. The first-order valence-corrected chi connectivity index (χ1v) is 9.65. The number of nitrogens with one attached hydrogen (secondary N) is 1. The number of halogens is 2. The van der Waals surface area contributed by atoms with Crippen molar-refractivity contribution in [3.05, 3.63) is 83.7 Å². The van der Waals surface area contributed by atoms with Gasteiger partial charge in [-0.05, 0) is 64.4 Å². The molecule has 0 aliphatic carbocycles. The van der Waals surface area contributed by atoms with Crippen LogP contribution in [0.5, 0.6) is 5.75 Å². The molecule has 2 aromatic carbocycles. The van der Waals surface area contributed by atoms with Gasteiger partial charge in [0.25, 0.3) is 0 Å². The number of benzene rings is 2. The van der Waals surface area contributed by atoms with Crippen molar-refractivity contribution in [3.8, 4) is 22.6 Å². The molecule has 0 saturated heterocycles. The molecule has 4 rings (SSSR count). The summed E-state index contributed by atoms with van der Waals surface area (Å²) in [6.07, 6.45) is 4.77. The average Bonchev–Trinajstić information content (AvgIpc) is 3.29. The van der Waals surface area contributed by atoms with Crippen LogP contribution in [0.1, 0.15) is 5.56 Å². The first kappa shape index (κ1) is 20.4. The molecule has 0 bridgehead atoms. The number of pyridine rings is 1. The van der Waals surface area contributed by atoms with Gasteiger partial charge in [-0.2, -0.15) is 0 Å². The van der Waals surface area contributed by atoms with Gasteiger partial charge >= 0.3 is 6.09 Å². The van der Waals surface area contributed by atoms with Crippen molar-refractivity contribution in [2.75, 3.05) is 6.54 Å². The summed E-state index contributed by atoms with van der Waals surface area (Å²) >= 11 is 5.86. The summed E-state index contributed by atoms with van der Waals surface area (Å²) in [6, 6.07) is 12.9. The normalized spacial score (nSPS) is 10.6. The molecule has 2 aromatic heterocycles. The highest BCUT2D eigenvalue weighted by Crippen LogP contribution is 2.30. The number of rotatable bonds is 6. The fraction of sp³-hybridized carbons (Fsp3) is 0.0952. The molecular formula is C21H16ClFN6O2. The minimum atomic E-state index is -0.639. The first-order valence-electron chi connectivity index (χ1n) is 9.27. The molecular weight excluding hydrogens is 423 g/mol. The van der Waals surface area contributed by atoms with Gasteiger partial charge in [-0.3, -0.25) is 4.98 Å². The Labute approximate surface area is 181 Å². The highest BCUT2D eigenvalue weighted by atomic mass is 35.5. The summed E-state index contributed by atoms with van der Waals surface area (Å²) in [5, 5.41) is 14.0. The Balaban J connectivity index is 1.55. The number of aromatic nitrogens is 5. The lowest BCUT2D eigenvalue weighted by Crippen LogP contribution is -2.28. The van der Waals surface area contributed by atoms with Crippen molar-refractivity contribution >= 4 is 17.7 Å². The van der Waals surface area contributed by atoms with E-state index < -0.39 is 11.9 Å². The highest BCUT2D eigenvalue weighted by molar-refractivity contribution is 6.30. The van der Waals surface area contributed by atoms with E-state index in [0.29, 0.717) is 29.8 Å². The standard InChI is InChI=1S/C21H16ClFN6O2/c22-16-3-4-19(20(23)10-16)15-8-17(29-13-26-27-28-29)11-18(9-15)31-21(30)25-7-5-14-2-1-6-24-12-14/h1-4,6,8-13H,5,7H2,(H,25,30). The van der Waals surface area contributed by atoms with Crippen LogP contribution in [-0.4, -0.2) is 37.8 Å². The maximum atomic E-state index is 14.5. The van der Waals surface area contributed by atoms with Gasteiger partial charge in [-0.1, -0.05) is 17.7 Å². The summed E-state index contributed by atoms with van der Waals surface area (Å²) in [4.78, 5) is 16.3. The zero-order chi connectivity index (χ0) is 21.6. The Bertz CT molecular complexity index is 1190. The largest absolute Gasteiger partial charge is 0.412 e. The lowest BCUT2D eigenvalue weighted by molar-refractivity contribution is 0.200. The van der Waals surface area contributed by atoms with E-state index >= 15 is 0 Å². The quantitative estimate of drug-likeness (QED) is 0.491. The average molecular weight is 439 g/mol. The lowest BCUT2D eigenvalue weighted by Gasteiger charge is -2.11. The molecule has 31 heavy (non-hydrogen) atoms. The van der Waals surface area contributed by atoms with Crippen molar-refractivity contribution in [2.45, 2.75) is 6.42 Å². The van der Waals surface area contributed by atoms with E-state index in [-0.39, 0.29) is 10.8 Å². The van der Waals surface area contributed by atoms with E-state index in [1.54, 1.807) is 42.7 Å². The molecule has 1 N–H and O–H groups in total. The zero-order valence-corrected chi connectivity index (χ0v) is 16.8. The van der Waals surface area contributed by atoms with Crippen LogP contribution < -0.4 is 10.1 Å². The molecule has 4 aromatic rings. The SMILES string of the molecule is O=C(NCCc1cccnc1)Oc1cc(-c2ccc(Cl)cc2F)cc(-n2cnnn2)c1. The number of tetrazole rings is 1. The summed E-state index contributed by atoms with van der Waals surface area (Å²) in [5.41, 5.74) is 2.25. The molecule has 0 atom stereocenters. The maximum absolute atomic E-state index is 14.5. The predicted molar refractivity (Wildman–Crippen MR) is 112 cm³/mol. The molecule has 0 spiro atoms. The van der Waals surface area contributed by atoms with Crippen LogP contribution in [0.2, 0.25) is 5.02 Å². The van der Waals surface area contributed by atoms with Crippen LogP contribution in [-0.2, 0) is 6.42 Å². The van der Waals surface area contributed by atoms with Crippen molar-refractivity contribution in [1.82, 2.24) is 30.5 Å². The van der Waals surface area contributed by atoms with Crippen molar-refractivity contribution in [3.63, 3.8) is 0 Å². The van der Waals surface area contributed by atoms with E-state index in [9.17, 15) is 9.18 Å². The molecule has 0 unspecified atom stereocenters. The minimum Gasteiger partial charge on any atom is -0.410 e. The zero-order valence-electron chi connectivity index (χ0n) is 16.1. The van der Waals surface area contributed by atoms with Gasteiger partial charge in [0.05, 0.1) is 5.69 Å². The maximum Gasteiger partial charge on any atom is 0.412 e. The van der Waals surface area contributed by atoms with E-state index in [1.165, 1.54) is 17.1 Å². The molecule has 8 nitrogen and oxygen atoms in total. The van der Waals surface area contributed by atoms with Gasteiger partial charge in [0.1, 0.15) is 17.9 Å². The van der Waals surface area contributed by atoms with Crippen LogP contribution >= 0.6 is 11.6 Å². The number of amides is 1. The fourth-order valence-electron chi connectivity index (χ4n) is 2.93. The predicted octanol–water partition coefficient (Wildman–Crippen LogP) is 3.85. The van der Waals surface area contributed by atoms with E-state index in [1.807, 2.05) is 12.1 Å². The van der Waals surface area contributed by atoms with Gasteiger partial charge in [0.15, 0.2) is 0 Å². The molecule has 0 aliphatic heterocycles. The Morgan fingerprint density at radius 3 is 2.84 bits per heavy atom. The lowest BCUT2D eigenvalue weighted by atomic mass is 10.0. The molecule has 2 heterocycles. The second-order valence-electron chi connectivity index (χ2n) is 6.52. The second kappa shape index (κ2) is 9.31. The molecule has 0 fully saturated rings. The third kappa shape index (κ3) is 5.20. The van der Waals surface area contributed by atoms with Crippen LogP contribution in [0.25, 0.3) is 16.8 Å². The Morgan fingerprint density at radius 2 is 2.10 bits per heavy atom. The molecule has 10 heteroatoms. The smallest absolute Gasteiger partial charge is 0.410 e. The molecule has 1 amide bonds. The number of carbonyl (C=O) groups is 1. The van der Waals surface area contributed by atoms with Crippen LogP contribution in [0.4, 0.5) is 9.18 Å². The van der Waals surface area contributed by atoms with E-state index in [2.05, 4.69) is 25.8 Å². The Morgan fingerprint density at radius 1 is 1.19 bits per heavy atom. The Kier molecular flexibility index (Phi) is 6.13. The summed E-state index contributed by atoms with van der Waals surface area (Å²) in [6.45, 7) is 0.371. The molecule has 0 radical (unpaired) electrons. The fourth-order valence-corrected chi connectivity index (χ4v) is 3.09. The van der Waals surface area contributed by atoms with E-state index in [0.717, 1.165) is 5.56 Å². The number of carbonyl (C=O) groups excluding carboxylic acids is 1. The number of ether oxygens (including phenoxy) is 1. The van der Waals surface area contributed by atoms with Gasteiger partial charge in [0, 0.05) is 35.6 Å². The van der Waals surface area contributed by atoms with Gasteiger partial charge in [-0.15, -0.1) is 5.10 Å². The van der Waals surface area contributed by atoms with Crippen molar-refractivity contribution in [1.29, 1.82) is 0 Å². The monoisotopic (exact) mass is 438 g/mol. The summed E-state index contributed by atoms with van der Waals surface area (Å²) in [7, 11) is 0. The molecule has 156 valence electrons. The number of nitrogens with zero attached hydrogens (tertiary/aromatic N) is 5. The summed E-state index contributed by atoms with van der Waals surface area (Å²) < 4.78 is 21.3. The molecule has 0 aliphatic rings. The van der Waals surface area contributed by atoms with Crippen LogP contribution in [0.15, 0.2) is 67.3 Å². The Hall–Kier alpha value is -3.85. The molecule has 0 saturated carbocycles. The summed E-state index contributed by atoms with van der Waals surface area (Å²) in [5.74, 6) is -0.301. The minimum absolute atomic E-state index is 0.205. The number of hydrogen-bond donors (Lipinski definition) is 1. The third-order valence-corrected chi connectivity index (χ3v) is 4.60. The third-order valence-electron chi connectivity index (χ3n) is 4.36. The highest BCUT2D eigenvalue weighted by Gasteiger charge is 2.13. The second-order valence-corrected chi connectivity index (χ2v) is 6.96. The van der Waals surface area contributed by atoms with Crippen LogP contribution in [0.3, 0.4) is 0 Å². The van der Waals surface area contributed by atoms with Crippen LogP contribution in [0, 0.1) is 5.82 Å². The van der Waals surface area contributed by atoms with Crippen molar-refractivity contribution in [2.24, 2.45) is 0 Å². The van der Waals surface area contributed by atoms with E-state index in [4.69, 9.17) is 16.3 Å².